The van der Waals surface area contributed by atoms with Gasteiger partial charge in [0.2, 0.25) is 0 Å². The summed E-state index contributed by atoms with van der Waals surface area (Å²) in [6.07, 6.45) is 0. The number of likely N-dealkylation sites (N-methyl/N-ethyl adjacent to an activating group) is 1. The Bertz CT molecular complexity index is 276. The predicted molar refractivity (Wildman–Crippen MR) is 63.5 cm³/mol. The predicted octanol–water partition coefficient (Wildman–Crippen LogP) is -0.102. The minimum absolute atomic E-state index is 0. The molecule has 92 valence electrons. The van der Waals surface area contributed by atoms with Crippen molar-refractivity contribution in [3.8, 4) is 0 Å². The van der Waals surface area contributed by atoms with Gasteiger partial charge in [-0.2, -0.15) is 17.0 Å². The smallest absolute Gasteiger partial charge is 0.282 e. The van der Waals surface area contributed by atoms with E-state index in [0.29, 0.717) is 13.1 Å². The lowest BCUT2D eigenvalue weighted by atomic mass is 10.2. The molecule has 0 aromatic rings. The zero-order chi connectivity index (χ0) is 10.8. The fraction of sp³-hybridized carbons (Fsp3) is 1.00. The molecule has 0 unspecified atom stereocenters. The van der Waals surface area contributed by atoms with Gasteiger partial charge in [-0.05, 0) is 0 Å². The number of nitrogens with one attached hydrogen (secondary N) is 1. The van der Waals surface area contributed by atoms with Gasteiger partial charge < -0.3 is 5.32 Å². The lowest BCUT2D eigenvalue weighted by Gasteiger charge is -2.37. The summed E-state index contributed by atoms with van der Waals surface area (Å²) in [7, 11) is -1.58. The summed E-state index contributed by atoms with van der Waals surface area (Å²) in [5.41, 5.74) is 0. The molecule has 1 rings (SSSR count). The van der Waals surface area contributed by atoms with Gasteiger partial charge in [-0.25, -0.2) is 0 Å². The lowest BCUT2D eigenvalue weighted by Crippen LogP contribution is -2.59. The highest BCUT2D eigenvalue weighted by Gasteiger charge is 2.33. The minimum atomic E-state index is -3.23. The van der Waals surface area contributed by atoms with E-state index >= 15 is 0 Å². The van der Waals surface area contributed by atoms with E-state index in [-0.39, 0.29) is 18.4 Å². The Balaban J connectivity index is 0.00000196. The third kappa shape index (κ3) is 3.04. The van der Waals surface area contributed by atoms with Crippen LogP contribution < -0.4 is 5.32 Å². The van der Waals surface area contributed by atoms with Crippen LogP contribution >= 0.6 is 12.4 Å². The van der Waals surface area contributed by atoms with Crippen LogP contribution in [-0.4, -0.2) is 56.3 Å². The Morgan fingerprint density at radius 2 is 1.73 bits per heavy atom. The highest BCUT2D eigenvalue weighted by Crippen LogP contribution is 2.12. The van der Waals surface area contributed by atoms with Crippen molar-refractivity contribution in [1.29, 1.82) is 0 Å². The molecule has 5 nitrogen and oxygen atoms in total. The van der Waals surface area contributed by atoms with E-state index in [0.717, 1.165) is 13.1 Å². The number of halogens is 1. The Morgan fingerprint density at radius 3 is 2.00 bits per heavy atom. The lowest BCUT2D eigenvalue weighted by molar-refractivity contribution is 0.255. The summed E-state index contributed by atoms with van der Waals surface area (Å²) in [5.74, 6) is 0. The standard InChI is InChI=1S/C8H19N3O2S.ClH/c1-4-11(5-2)14(12,13)10(3)8-6-9-7-8;/h8-9H,4-7H2,1-3H3;1H. The average molecular weight is 258 g/mol. The zero-order valence-electron chi connectivity index (χ0n) is 9.43. The quantitative estimate of drug-likeness (QED) is 0.748. The third-order valence-corrected chi connectivity index (χ3v) is 4.86. The van der Waals surface area contributed by atoms with Gasteiger partial charge in [0, 0.05) is 33.2 Å². The molecule has 0 amide bonds. The summed E-state index contributed by atoms with van der Waals surface area (Å²) in [6, 6.07) is 0.126. The first-order chi connectivity index (χ1) is 6.54. The van der Waals surface area contributed by atoms with Crippen LogP contribution in [0, 0.1) is 0 Å². The Morgan fingerprint density at radius 1 is 1.27 bits per heavy atom. The van der Waals surface area contributed by atoms with E-state index in [4.69, 9.17) is 0 Å². The van der Waals surface area contributed by atoms with Crippen LogP contribution in [0.5, 0.6) is 0 Å². The molecule has 0 spiro atoms. The van der Waals surface area contributed by atoms with Crippen molar-refractivity contribution in [2.24, 2.45) is 0 Å². The maximum atomic E-state index is 12.0. The first-order valence-corrected chi connectivity index (χ1v) is 6.37. The summed E-state index contributed by atoms with van der Waals surface area (Å²) in [5, 5.41) is 3.06. The second-order valence-corrected chi connectivity index (χ2v) is 5.41. The van der Waals surface area contributed by atoms with Crippen LogP contribution in [-0.2, 0) is 10.2 Å². The number of hydrogen-bond donors (Lipinski definition) is 1. The molecule has 1 saturated heterocycles. The molecular formula is C8H20ClN3O2S. The van der Waals surface area contributed by atoms with E-state index in [1.54, 1.807) is 7.05 Å². The fourth-order valence-corrected chi connectivity index (χ4v) is 2.99. The van der Waals surface area contributed by atoms with Crippen LogP contribution in [0.15, 0.2) is 0 Å². The van der Waals surface area contributed by atoms with Gasteiger partial charge in [-0.3, -0.25) is 0 Å². The van der Waals surface area contributed by atoms with E-state index in [1.807, 2.05) is 13.8 Å². The first-order valence-electron chi connectivity index (χ1n) is 4.97. The Kier molecular flexibility index (Phi) is 6.05. The van der Waals surface area contributed by atoms with Crippen molar-refractivity contribution in [1.82, 2.24) is 13.9 Å². The molecule has 0 aromatic carbocycles. The van der Waals surface area contributed by atoms with E-state index < -0.39 is 10.2 Å². The SMILES string of the molecule is CCN(CC)S(=O)(=O)N(C)C1CNC1.Cl. The van der Waals surface area contributed by atoms with Gasteiger partial charge >= 0.3 is 0 Å². The summed E-state index contributed by atoms with van der Waals surface area (Å²) in [4.78, 5) is 0. The van der Waals surface area contributed by atoms with E-state index in [2.05, 4.69) is 5.32 Å². The van der Waals surface area contributed by atoms with E-state index in [1.165, 1.54) is 8.61 Å². The molecule has 1 fully saturated rings. The summed E-state index contributed by atoms with van der Waals surface area (Å²) >= 11 is 0. The molecule has 0 aromatic heterocycles. The molecule has 1 N–H and O–H groups in total. The molecule has 15 heavy (non-hydrogen) atoms. The Hall–Kier alpha value is 0.120. The Labute approximate surface area is 98.4 Å². The molecule has 0 saturated carbocycles. The van der Waals surface area contributed by atoms with Gasteiger partial charge in [0.25, 0.3) is 10.2 Å². The number of hydrogen-bond acceptors (Lipinski definition) is 3. The molecule has 7 heteroatoms. The molecule has 0 aliphatic carbocycles. The molecule has 1 aliphatic rings. The molecule has 1 aliphatic heterocycles. The highest BCUT2D eigenvalue weighted by molar-refractivity contribution is 7.86. The normalized spacial score (nSPS) is 17.7. The van der Waals surface area contributed by atoms with Crippen LogP contribution in [0.2, 0.25) is 0 Å². The van der Waals surface area contributed by atoms with Gasteiger partial charge in [0.05, 0.1) is 6.04 Å². The van der Waals surface area contributed by atoms with Gasteiger partial charge in [0.15, 0.2) is 0 Å². The van der Waals surface area contributed by atoms with Crippen LogP contribution in [0.3, 0.4) is 0 Å². The monoisotopic (exact) mass is 257 g/mol. The summed E-state index contributed by atoms with van der Waals surface area (Å²) in [6.45, 7) is 6.29. The maximum Gasteiger partial charge on any atom is 0.282 e. The van der Waals surface area contributed by atoms with Crippen LogP contribution in [0.1, 0.15) is 13.8 Å². The van der Waals surface area contributed by atoms with Crippen molar-refractivity contribution >= 4 is 22.6 Å². The second-order valence-electron chi connectivity index (χ2n) is 3.42. The van der Waals surface area contributed by atoms with Crippen molar-refractivity contribution in [2.75, 3.05) is 33.2 Å². The van der Waals surface area contributed by atoms with Crippen molar-refractivity contribution in [3.63, 3.8) is 0 Å². The molecule has 0 atom stereocenters. The maximum absolute atomic E-state index is 12.0. The average Bonchev–Trinajstić information content (AvgIpc) is 2.02. The van der Waals surface area contributed by atoms with Crippen molar-refractivity contribution in [3.05, 3.63) is 0 Å². The first kappa shape index (κ1) is 15.1. The number of rotatable bonds is 5. The zero-order valence-corrected chi connectivity index (χ0v) is 11.1. The van der Waals surface area contributed by atoms with Gasteiger partial charge in [-0.15, -0.1) is 12.4 Å². The fourth-order valence-electron chi connectivity index (χ4n) is 1.45. The molecular weight excluding hydrogens is 238 g/mol. The number of nitrogens with zero attached hydrogens (tertiary/aromatic N) is 2. The molecule has 0 bridgehead atoms. The largest absolute Gasteiger partial charge is 0.313 e. The van der Waals surface area contributed by atoms with E-state index in [9.17, 15) is 8.42 Å². The third-order valence-electron chi connectivity index (χ3n) is 2.67. The van der Waals surface area contributed by atoms with Crippen LogP contribution in [0.4, 0.5) is 0 Å². The minimum Gasteiger partial charge on any atom is -0.313 e. The van der Waals surface area contributed by atoms with Crippen molar-refractivity contribution < 1.29 is 8.42 Å². The van der Waals surface area contributed by atoms with Gasteiger partial charge in [0.1, 0.15) is 0 Å². The molecule has 0 radical (unpaired) electrons. The molecule has 1 heterocycles. The van der Waals surface area contributed by atoms with Crippen molar-refractivity contribution in [2.45, 2.75) is 19.9 Å². The summed E-state index contributed by atoms with van der Waals surface area (Å²) < 4.78 is 26.8. The topological polar surface area (TPSA) is 52.7 Å². The second kappa shape index (κ2) is 6.00. The van der Waals surface area contributed by atoms with Crippen LogP contribution in [0.25, 0.3) is 0 Å². The van der Waals surface area contributed by atoms with Gasteiger partial charge in [-0.1, -0.05) is 13.8 Å². The highest BCUT2D eigenvalue weighted by atomic mass is 35.5.